The van der Waals surface area contributed by atoms with Crippen LogP contribution in [0.25, 0.3) is 10.8 Å². The van der Waals surface area contributed by atoms with Gasteiger partial charge in [0.2, 0.25) is 5.91 Å². The summed E-state index contributed by atoms with van der Waals surface area (Å²) in [6.45, 7) is 6.53. The third kappa shape index (κ3) is 4.45. The predicted octanol–water partition coefficient (Wildman–Crippen LogP) is 5.23. The molecule has 0 saturated heterocycles. The van der Waals surface area contributed by atoms with Crippen LogP contribution < -0.4 is 14.8 Å². The lowest BCUT2D eigenvalue weighted by molar-refractivity contribution is -0.122. The Kier molecular flexibility index (Phi) is 6.19. The Morgan fingerprint density at radius 2 is 1.50 bits per heavy atom. The fraction of sp³-hybridized carbons (Fsp3) is 0.292. The van der Waals surface area contributed by atoms with Crippen molar-refractivity contribution in [1.29, 1.82) is 0 Å². The van der Waals surface area contributed by atoms with Gasteiger partial charge in [-0.2, -0.15) is 0 Å². The average molecular weight is 377 g/mol. The Morgan fingerprint density at radius 3 is 2.18 bits per heavy atom. The van der Waals surface area contributed by atoms with Crippen LogP contribution in [-0.2, 0) is 4.79 Å². The van der Waals surface area contributed by atoms with Crippen LogP contribution in [-0.4, -0.2) is 19.6 Å². The van der Waals surface area contributed by atoms with E-state index in [9.17, 15) is 4.79 Å². The fourth-order valence-electron chi connectivity index (χ4n) is 3.23. The third-order valence-electron chi connectivity index (χ3n) is 5.01. The number of rotatable bonds is 7. The van der Waals surface area contributed by atoms with Crippen molar-refractivity contribution in [2.24, 2.45) is 0 Å². The van der Waals surface area contributed by atoms with Crippen molar-refractivity contribution in [3.63, 3.8) is 0 Å². The minimum Gasteiger partial charge on any atom is -0.497 e. The van der Waals surface area contributed by atoms with Gasteiger partial charge in [-0.25, -0.2) is 0 Å². The molecule has 4 nitrogen and oxygen atoms in total. The molecule has 0 aliphatic carbocycles. The van der Waals surface area contributed by atoms with Crippen molar-refractivity contribution < 1.29 is 14.3 Å². The second kappa shape index (κ2) is 8.79. The van der Waals surface area contributed by atoms with E-state index in [0.29, 0.717) is 6.61 Å². The molecule has 3 aromatic rings. The zero-order valence-corrected chi connectivity index (χ0v) is 16.9. The highest BCUT2D eigenvalue weighted by atomic mass is 16.5. The summed E-state index contributed by atoms with van der Waals surface area (Å²) in [7, 11) is 1.66. The topological polar surface area (TPSA) is 47.6 Å². The number of methoxy groups -OCH3 is 1. The van der Waals surface area contributed by atoms with Crippen LogP contribution in [0.2, 0.25) is 0 Å². The Bertz CT molecular complexity index is 950. The Hall–Kier alpha value is -3.01. The summed E-state index contributed by atoms with van der Waals surface area (Å²) >= 11 is 0. The lowest BCUT2D eigenvalue weighted by Gasteiger charge is -2.19. The van der Waals surface area contributed by atoms with Crippen LogP contribution in [0.15, 0.2) is 60.7 Å². The fourth-order valence-corrected chi connectivity index (χ4v) is 3.23. The van der Waals surface area contributed by atoms with Gasteiger partial charge in [-0.15, -0.1) is 0 Å². The lowest BCUT2D eigenvalue weighted by atomic mass is 9.96. The van der Waals surface area contributed by atoms with Crippen LogP contribution in [0.5, 0.6) is 11.5 Å². The van der Waals surface area contributed by atoms with Crippen LogP contribution >= 0.6 is 0 Å². The molecule has 0 radical (unpaired) electrons. The summed E-state index contributed by atoms with van der Waals surface area (Å²) < 4.78 is 10.7. The van der Waals surface area contributed by atoms with E-state index >= 15 is 0 Å². The Morgan fingerprint density at radius 1 is 0.893 bits per heavy atom. The number of ether oxygens (including phenoxy) is 2. The lowest BCUT2D eigenvalue weighted by Crippen LogP contribution is -2.30. The molecule has 2 atom stereocenters. The number of nitrogens with one attached hydrogen (secondary N) is 1. The third-order valence-corrected chi connectivity index (χ3v) is 5.01. The highest BCUT2D eigenvalue weighted by Gasteiger charge is 2.18. The second-order valence-electron chi connectivity index (χ2n) is 6.93. The highest BCUT2D eigenvalue weighted by molar-refractivity contribution is 5.88. The van der Waals surface area contributed by atoms with Crippen molar-refractivity contribution in [1.82, 2.24) is 5.32 Å². The first-order valence-electron chi connectivity index (χ1n) is 9.62. The quantitative estimate of drug-likeness (QED) is 0.613. The van der Waals surface area contributed by atoms with E-state index < -0.39 is 0 Å². The molecule has 1 amide bonds. The van der Waals surface area contributed by atoms with Gasteiger partial charge in [0.25, 0.3) is 0 Å². The molecule has 0 bridgehead atoms. The van der Waals surface area contributed by atoms with Crippen LogP contribution in [0.1, 0.15) is 43.9 Å². The molecular formula is C24H27NO3. The number of benzene rings is 3. The zero-order valence-electron chi connectivity index (χ0n) is 16.9. The Labute approximate surface area is 166 Å². The zero-order chi connectivity index (χ0) is 20.1. The van der Waals surface area contributed by atoms with E-state index in [2.05, 4.69) is 11.4 Å². The highest BCUT2D eigenvalue weighted by Crippen LogP contribution is 2.26. The first kappa shape index (κ1) is 19.7. The monoisotopic (exact) mass is 377 g/mol. The SMILES string of the molecule is CCOc1ccc(C(C)NC(=O)[C@@H](C)c2ccc3cc(OC)ccc3c2)cc1. The molecular weight excluding hydrogens is 350 g/mol. The first-order chi connectivity index (χ1) is 13.5. The summed E-state index contributed by atoms with van der Waals surface area (Å²) in [5.74, 6) is 1.44. The molecule has 146 valence electrons. The molecule has 3 rings (SSSR count). The number of hydrogen-bond donors (Lipinski definition) is 1. The van der Waals surface area contributed by atoms with Gasteiger partial charge in [0.1, 0.15) is 11.5 Å². The molecule has 0 spiro atoms. The van der Waals surface area contributed by atoms with Gasteiger partial charge >= 0.3 is 0 Å². The summed E-state index contributed by atoms with van der Waals surface area (Å²) in [6.07, 6.45) is 0. The molecule has 4 heteroatoms. The van der Waals surface area contributed by atoms with Crippen LogP contribution in [0.3, 0.4) is 0 Å². The smallest absolute Gasteiger partial charge is 0.227 e. The van der Waals surface area contributed by atoms with Gasteiger partial charge in [0, 0.05) is 0 Å². The summed E-state index contributed by atoms with van der Waals surface area (Å²) in [5.41, 5.74) is 2.05. The maximum absolute atomic E-state index is 12.8. The molecule has 0 saturated carbocycles. The molecule has 0 aromatic heterocycles. The number of amides is 1. The van der Waals surface area contributed by atoms with Crippen LogP contribution in [0, 0.1) is 0 Å². The Balaban J connectivity index is 1.70. The number of fused-ring (bicyclic) bond motifs is 1. The van der Waals surface area contributed by atoms with Crippen LogP contribution in [0.4, 0.5) is 0 Å². The number of carbonyl (C=O) groups excluding carboxylic acids is 1. The average Bonchev–Trinajstić information content (AvgIpc) is 2.73. The maximum atomic E-state index is 12.8. The van der Waals surface area contributed by atoms with Crippen molar-refractivity contribution in [2.75, 3.05) is 13.7 Å². The molecule has 28 heavy (non-hydrogen) atoms. The normalized spacial score (nSPS) is 13.0. The van der Waals surface area contributed by atoms with E-state index in [1.54, 1.807) is 7.11 Å². The standard InChI is InChI=1S/C24H27NO3/c1-5-28-22-11-8-18(9-12-22)17(3)25-24(26)16(2)19-6-7-21-15-23(27-4)13-10-20(21)14-19/h6-17H,5H2,1-4H3,(H,25,26)/t16-,17?/m0/s1. The van der Waals surface area contributed by atoms with Gasteiger partial charge in [-0.05, 0) is 66.9 Å². The molecule has 1 unspecified atom stereocenters. The van der Waals surface area contributed by atoms with Crippen molar-refractivity contribution >= 4 is 16.7 Å². The van der Waals surface area contributed by atoms with Gasteiger partial charge in [0.15, 0.2) is 0 Å². The molecule has 3 aromatic carbocycles. The van der Waals surface area contributed by atoms with Gasteiger partial charge in [-0.3, -0.25) is 4.79 Å². The molecule has 0 aliphatic rings. The van der Waals surface area contributed by atoms with Gasteiger partial charge in [0.05, 0.1) is 25.7 Å². The number of hydrogen-bond acceptors (Lipinski definition) is 3. The van der Waals surface area contributed by atoms with Crippen molar-refractivity contribution in [2.45, 2.75) is 32.7 Å². The summed E-state index contributed by atoms with van der Waals surface area (Å²) in [4.78, 5) is 12.8. The molecule has 1 N–H and O–H groups in total. The molecule has 0 fully saturated rings. The van der Waals surface area contributed by atoms with Crippen molar-refractivity contribution in [3.8, 4) is 11.5 Å². The van der Waals surface area contributed by atoms with E-state index in [4.69, 9.17) is 9.47 Å². The summed E-state index contributed by atoms with van der Waals surface area (Å²) in [5, 5.41) is 5.30. The van der Waals surface area contributed by atoms with E-state index in [1.807, 2.05) is 75.4 Å². The van der Waals surface area contributed by atoms with E-state index in [0.717, 1.165) is 33.4 Å². The number of carbonyl (C=O) groups is 1. The first-order valence-corrected chi connectivity index (χ1v) is 9.62. The molecule has 0 heterocycles. The largest absolute Gasteiger partial charge is 0.497 e. The van der Waals surface area contributed by atoms with E-state index in [-0.39, 0.29) is 17.9 Å². The second-order valence-corrected chi connectivity index (χ2v) is 6.93. The minimum atomic E-state index is -0.239. The maximum Gasteiger partial charge on any atom is 0.227 e. The van der Waals surface area contributed by atoms with Gasteiger partial charge in [-0.1, -0.05) is 36.4 Å². The molecule has 0 aliphatic heterocycles. The predicted molar refractivity (Wildman–Crippen MR) is 113 cm³/mol. The summed E-state index contributed by atoms with van der Waals surface area (Å²) in [6, 6.07) is 19.8. The van der Waals surface area contributed by atoms with E-state index in [1.165, 1.54) is 0 Å². The minimum absolute atomic E-state index is 0.00856. The van der Waals surface area contributed by atoms with Crippen molar-refractivity contribution in [3.05, 3.63) is 71.8 Å². The van der Waals surface area contributed by atoms with Gasteiger partial charge < -0.3 is 14.8 Å².